The molecule has 0 aromatic heterocycles. The summed E-state index contributed by atoms with van der Waals surface area (Å²) in [7, 11) is 0. The maximum absolute atomic E-state index is 12.3. The summed E-state index contributed by atoms with van der Waals surface area (Å²) >= 11 is 0. The first-order chi connectivity index (χ1) is 11.7. The molecule has 25 heavy (non-hydrogen) atoms. The van der Waals surface area contributed by atoms with Gasteiger partial charge >= 0.3 is 11.9 Å². The third kappa shape index (κ3) is 2.56. The number of carbonyl (C=O) groups excluding carboxylic acids is 2. The standard InChI is InChI=1S/C20H26O5/c1-6-10(2)18(22)24-15-8-7-11(3)16-17-13(12(4)19(23)25-17)9-14(21)20(15,16)5/h6-7,13-17,21H,4,8-9H2,1-3,5H3/b10-6-/t13?,14-,15-,16-,17+,20+/m1/s1. The van der Waals surface area contributed by atoms with E-state index in [0.29, 0.717) is 24.0 Å². The fourth-order valence-electron chi connectivity index (χ4n) is 4.62. The lowest BCUT2D eigenvalue weighted by Crippen LogP contribution is -2.60. The van der Waals surface area contributed by atoms with E-state index < -0.39 is 17.6 Å². The van der Waals surface area contributed by atoms with Crippen molar-refractivity contribution in [2.45, 2.75) is 58.8 Å². The Bertz CT molecular complexity index is 688. The van der Waals surface area contributed by atoms with Crippen molar-refractivity contribution in [2.24, 2.45) is 17.3 Å². The van der Waals surface area contributed by atoms with Crippen LogP contribution in [0.25, 0.3) is 0 Å². The Morgan fingerprint density at radius 2 is 2.20 bits per heavy atom. The van der Waals surface area contributed by atoms with Gasteiger partial charge in [0, 0.05) is 34.8 Å². The Labute approximate surface area is 148 Å². The first kappa shape index (κ1) is 17.9. The lowest BCUT2D eigenvalue weighted by atomic mass is 9.54. The van der Waals surface area contributed by atoms with Gasteiger partial charge in [-0.1, -0.05) is 31.2 Å². The predicted octanol–water partition coefficient (Wildman–Crippen LogP) is 2.70. The van der Waals surface area contributed by atoms with Gasteiger partial charge < -0.3 is 14.6 Å². The Balaban J connectivity index is 1.98. The number of ether oxygens (including phenoxy) is 2. The minimum atomic E-state index is -0.711. The van der Waals surface area contributed by atoms with E-state index in [4.69, 9.17) is 9.47 Å². The van der Waals surface area contributed by atoms with E-state index in [2.05, 4.69) is 6.58 Å². The second-order valence-electron chi connectivity index (χ2n) is 7.65. The van der Waals surface area contributed by atoms with Gasteiger partial charge in [-0.05, 0) is 27.2 Å². The average molecular weight is 346 g/mol. The van der Waals surface area contributed by atoms with Gasteiger partial charge in [-0.15, -0.1) is 0 Å². The monoisotopic (exact) mass is 346 g/mol. The summed E-state index contributed by atoms with van der Waals surface area (Å²) < 4.78 is 11.4. The maximum atomic E-state index is 12.3. The van der Waals surface area contributed by atoms with Gasteiger partial charge in [0.15, 0.2) is 0 Å². The van der Waals surface area contributed by atoms with Crippen molar-refractivity contribution in [2.75, 3.05) is 0 Å². The van der Waals surface area contributed by atoms with Crippen LogP contribution in [0.1, 0.15) is 40.5 Å². The van der Waals surface area contributed by atoms with Crippen LogP contribution in [-0.2, 0) is 19.1 Å². The summed E-state index contributed by atoms with van der Waals surface area (Å²) in [6.45, 7) is 11.3. The van der Waals surface area contributed by atoms with Gasteiger partial charge in [0.05, 0.1) is 6.10 Å². The molecule has 6 atom stereocenters. The largest absolute Gasteiger partial charge is 0.458 e. The first-order valence-electron chi connectivity index (χ1n) is 8.80. The number of carbonyl (C=O) groups is 2. The smallest absolute Gasteiger partial charge is 0.334 e. The van der Waals surface area contributed by atoms with E-state index in [1.165, 1.54) is 0 Å². The molecule has 1 unspecified atom stereocenters. The second-order valence-corrected chi connectivity index (χ2v) is 7.65. The zero-order valence-electron chi connectivity index (χ0n) is 15.2. The maximum Gasteiger partial charge on any atom is 0.334 e. The first-order valence-corrected chi connectivity index (χ1v) is 8.80. The van der Waals surface area contributed by atoms with Crippen LogP contribution < -0.4 is 0 Å². The number of aliphatic hydroxyl groups is 1. The zero-order valence-corrected chi connectivity index (χ0v) is 15.2. The minimum Gasteiger partial charge on any atom is -0.458 e. The Kier molecular flexibility index (Phi) is 4.40. The van der Waals surface area contributed by atoms with Gasteiger partial charge in [-0.3, -0.25) is 0 Å². The van der Waals surface area contributed by atoms with Crippen molar-refractivity contribution in [3.8, 4) is 0 Å². The second kappa shape index (κ2) is 6.13. The molecule has 0 radical (unpaired) electrons. The molecule has 2 aliphatic carbocycles. The number of allylic oxidation sites excluding steroid dienone is 1. The summed E-state index contributed by atoms with van der Waals surface area (Å²) in [5.41, 5.74) is 1.33. The van der Waals surface area contributed by atoms with Crippen LogP contribution >= 0.6 is 0 Å². The highest BCUT2D eigenvalue weighted by Gasteiger charge is 2.62. The van der Waals surface area contributed by atoms with Gasteiger partial charge in [-0.25, -0.2) is 9.59 Å². The molecule has 2 fully saturated rings. The number of fused-ring (bicyclic) bond motifs is 3. The molecule has 1 heterocycles. The fourth-order valence-corrected chi connectivity index (χ4v) is 4.62. The summed E-state index contributed by atoms with van der Waals surface area (Å²) in [5.74, 6) is -1.14. The van der Waals surface area contributed by atoms with Crippen LogP contribution in [0, 0.1) is 17.3 Å². The van der Waals surface area contributed by atoms with Crippen LogP contribution in [0.4, 0.5) is 0 Å². The molecule has 0 amide bonds. The highest BCUT2D eigenvalue weighted by atomic mass is 16.6. The van der Waals surface area contributed by atoms with Crippen LogP contribution in [0.2, 0.25) is 0 Å². The molecule has 0 bridgehead atoms. The van der Waals surface area contributed by atoms with Crippen LogP contribution in [0.3, 0.4) is 0 Å². The molecule has 1 saturated carbocycles. The van der Waals surface area contributed by atoms with Crippen LogP contribution in [0.5, 0.6) is 0 Å². The van der Waals surface area contributed by atoms with E-state index in [0.717, 1.165) is 5.57 Å². The van der Waals surface area contributed by atoms with Crippen molar-refractivity contribution in [1.29, 1.82) is 0 Å². The highest BCUT2D eigenvalue weighted by molar-refractivity contribution is 5.91. The van der Waals surface area contributed by atoms with E-state index in [1.807, 2.05) is 19.9 Å². The minimum absolute atomic E-state index is 0.185. The molecule has 1 N–H and O–H groups in total. The summed E-state index contributed by atoms with van der Waals surface area (Å²) in [6, 6.07) is 0. The van der Waals surface area contributed by atoms with Crippen LogP contribution in [0.15, 0.2) is 35.5 Å². The Hall–Kier alpha value is -1.88. The van der Waals surface area contributed by atoms with E-state index >= 15 is 0 Å². The van der Waals surface area contributed by atoms with Crippen molar-refractivity contribution >= 4 is 11.9 Å². The molecule has 0 aromatic carbocycles. The van der Waals surface area contributed by atoms with Gasteiger partial charge in [-0.2, -0.15) is 0 Å². The topological polar surface area (TPSA) is 72.8 Å². The fraction of sp³-hybridized carbons (Fsp3) is 0.600. The summed E-state index contributed by atoms with van der Waals surface area (Å²) in [6.07, 6.45) is 3.15. The molecule has 3 aliphatic rings. The molecule has 5 nitrogen and oxygen atoms in total. The molecule has 0 spiro atoms. The van der Waals surface area contributed by atoms with Crippen molar-refractivity contribution < 1.29 is 24.2 Å². The number of hydrogen-bond donors (Lipinski definition) is 1. The molecule has 1 aliphatic heterocycles. The van der Waals surface area contributed by atoms with E-state index in [9.17, 15) is 14.7 Å². The molecule has 1 saturated heterocycles. The van der Waals surface area contributed by atoms with Gasteiger partial charge in [0.25, 0.3) is 0 Å². The normalized spacial score (nSPS) is 40.8. The van der Waals surface area contributed by atoms with Crippen molar-refractivity contribution in [1.82, 2.24) is 0 Å². The third-order valence-corrected chi connectivity index (χ3v) is 6.39. The highest BCUT2D eigenvalue weighted by Crippen LogP contribution is 2.57. The zero-order chi connectivity index (χ0) is 18.5. The van der Waals surface area contributed by atoms with Crippen molar-refractivity contribution in [3.05, 3.63) is 35.5 Å². The quantitative estimate of drug-likeness (QED) is 0.473. The van der Waals surface area contributed by atoms with E-state index in [1.54, 1.807) is 19.9 Å². The molecular weight excluding hydrogens is 320 g/mol. The van der Waals surface area contributed by atoms with E-state index in [-0.39, 0.29) is 29.9 Å². The predicted molar refractivity (Wildman–Crippen MR) is 92.4 cm³/mol. The van der Waals surface area contributed by atoms with Crippen LogP contribution in [-0.4, -0.2) is 35.4 Å². The lowest BCUT2D eigenvalue weighted by molar-refractivity contribution is -0.187. The molecule has 136 valence electrons. The summed E-state index contributed by atoms with van der Waals surface area (Å²) in [5, 5.41) is 11.0. The SMILES string of the molecule is C=C1C(=O)O[C@H]2C1C[C@@H](O)[C@]1(C)[C@@H]2C(C)=CC[C@H]1OC(=O)/C(C)=C\C. The number of aliphatic hydroxyl groups excluding tert-OH is 1. The van der Waals surface area contributed by atoms with Gasteiger partial charge in [0.2, 0.25) is 0 Å². The molecular formula is C20H26O5. The average Bonchev–Trinajstić information content (AvgIpc) is 2.84. The van der Waals surface area contributed by atoms with Crippen molar-refractivity contribution in [3.63, 3.8) is 0 Å². The number of rotatable bonds is 2. The molecule has 0 aromatic rings. The lowest BCUT2D eigenvalue weighted by Gasteiger charge is -2.54. The third-order valence-electron chi connectivity index (χ3n) is 6.39. The summed E-state index contributed by atoms with van der Waals surface area (Å²) in [4.78, 5) is 24.3. The molecule has 5 heteroatoms. The number of esters is 2. The Morgan fingerprint density at radius 3 is 2.84 bits per heavy atom. The molecule has 3 rings (SSSR count). The number of hydrogen-bond acceptors (Lipinski definition) is 5. The Morgan fingerprint density at radius 1 is 1.52 bits per heavy atom. The van der Waals surface area contributed by atoms with Gasteiger partial charge in [0.1, 0.15) is 12.2 Å².